The van der Waals surface area contributed by atoms with Crippen molar-refractivity contribution in [3.8, 4) is 0 Å². The van der Waals surface area contributed by atoms with Crippen molar-refractivity contribution in [1.82, 2.24) is 0 Å². The van der Waals surface area contributed by atoms with Crippen LogP contribution >= 0.6 is 24.8 Å². The van der Waals surface area contributed by atoms with Gasteiger partial charge in [0.1, 0.15) is 0 Å². The monoisotopic (exact) mass is 508 g/mol. The molecule has 124 valence electrons. The zero-order valence-corrected chi connectivity index (χ0v) is 20.6. The van der Waals surface area contributed by atoms with E-state index in [9.17, 15) is 0 Å². The van der Waals surface area contributed by atoms with Crippen LogP contribution in [0.3, 0.4) is 0 Å². The van der Waals surface area contributed by atoms with Gasteiger partial charge in [-0.1, -0.05) is 0 Å². The molecule has 0 heterocycles. The molecular weight excluding hydrogens is 478 g/mol. The molecule has 0 aromatic carbocycles. The van der Waals surface area contributed by atoms with Gasteiger partial charge < -0.3 is 0 Å². The van der Waals surface area contributed by atoms with Crippen LogP contribution in [0.1, 0.15) is 62.3 Å². The fourth-order valence-electron chi connectivity index (χ4n) is 3.54. The summed E-state index contributed by atoms with van der Waals surface area (Å²) in [5.74, 6) is 0.704. The van der Waals surface area contributed by atoms with E-state index < -0.39 is 22.9 Å². The zero-order valence-electron chi connectivity index (χ0n) is 15.4. The molecule has 0 saturated carbocycles. The molecule has 1 atom stereocenters. The molecule has 0 aromatic heterocycles. The van der Waals surface area contributed by atoms with Gasteiger partial charge in [-0.3, -0.25) is 0 Å². The van der Waals surface area contributed by atoms with E-state index in [1.54, 1.807) is 33.4 Å². The fourth-order valence-corrected chi connectivity index (χ4v) is 10.6. The Hall–Kier alpha value is 0.410. The van der Waals surface area contributed by atoms with Gasteiger partial charge in [-0.05, 0) is 0 Å². The fraction of sp³-hybridized carbons (Fsp3) is 0.579. The topological polar surface area (TPSA) is 0 Å². The maximum Gasteiger partial charge on any atom is -0.147 e. The van der Waals surface area contributed by atoms with Gasteiger partial charge in [0.05, 0.1) is 0 Å². The summed E-state index contributed by atoms with van der Waals surface area (Å²) in [6.45, 7) is 21.3. The first kappa shape index (κ1) is 22.4. The summed E-state index contributed by atoms with van der Waals surface area (Å²) in [5.41, 5.74) is 9.89. The zero-order chi connectivity index (χ0) is 15.4. The predicted octanol–water partition coefficient (Wildman–Crippen LogP) is 6.82. The molecule has 0 N–H and O–H groups in total. The van der Waals surface area contributed by atoms with Crippen LogP contribution in [0.5, 0.6) is 0 Å². The number of hydrogen-bond acceptors (Lipinski definition) is 0. The van der Waals surface area contributed by atoms with Crippen molar-refractivity contribution in [2.75, 3.05) is 0 Å². The standard InChI is InChI=1S/C10H15.C9H13.2ClH.Hf/c1-7-6-10(4,5)9(3)8(7)2;1-6-5-7(2)9(4)8(6)3;;;/h1-5H3;6H,1-4H3;2*1H;. The molecule has 2 rings (SSSR count). The van der Waals surface area contributed by atoms with Crippen LogP contribution in [0.2, 0.25) is 0 Å². The third-order valence-electron chi connectivity index (χ3n) is 5.96. The molecule has 2 aliphatic carbocycles. The Morgan fingerprint density at radius 2 is 1.27 bits per heavy atom. The van der Waals surface area contributed by atoms with Crippen molar-refractivity contribution in [3.05, 3.63) is 40.1 Å². The van der Waals surface area contributed by atoms with Gasteiger partial charge in [0.2, 0.25) is 0 Å². The van der Waals surface area contributed by atoms with E-state index in [0.717, 1.165) is 0 Å². The number of halogens is 2. The Balaban J connectivity index is 0.00000220. The van der Waals surface area contributed by atoms with E-state index >= 15 is 0 Å². The summed E-state index contributed by atoms with van der Waals surface area (Å²) in [6, 6.07) is 0. The summed E-state index contributed by atoms with van der Waals surface area (Å²) in [4.78, 5) is 0. The van der Waals surface area contributed by atoms with Crippen LogP contribution in [0.4, 0.5) is 0 Å². The van der Waals surface area contributed by atoms with Crippen LogP contribution in [0.25, 0.3) is 0 Å². The summed E-state index contributed by atoms with van der Waals surface area (Å²) in [6.07, 6.45) is 0. The number of rotatable bonds is 2. The normalized spacial score (nSPS) is 24.0. The molecule has 2 aliphatic rings. The maximum atomic E-state index is 2.44. The quantitative estimate of drug-likeness (QED) is 0.360. The van der Waals surface area contributed by atoms with Crippen molar-refractivity contribution < 1.29 is 22.9 Å². The second kappa shape index (κ2) is 7.53. The van der Waals surface area contributed by atoms with E-state index in [0.29, 0.717) is 11.3 Å². The molecule has 0 aromatic rings. The van der Waals surface area contributed by atoms with Crippen molar-refractivity contribution in [2.24, 2.45) is 11.3 Å². The minimum atomic E-state index is -0.926. The predicted molar refractivity (Wildman–Crippen MR) is 99.6 cm³/mol. The molecule has 0 bridgehead atoms. The summed E-state index contributed by atoms with van der Waals surface area (Å²) < 4.78 is 3.67. The average Bonchev–Trinajstić information content (AvgIpc) is 2.66. The maximum absolute atomic E-state index is 2.44. The summed E-state index contributed by atoms with van der Waals surface area (Å²) >= 11 is -0.926. The van der Waals surface area contributed by atoms with Gasteiger partial charge in [-0.2, -0.15) is 0 Å². The van der Waals surface area contributed by atoms with Gasteiger partial charge in [0.25, 0.3) is 0 Å². The van der Waals surface area contributed by atoms with E-state index in [1.165, 1.54) is 0 Å². The van der Waals surface area contributed by atoms with E-state index in [2.05, 4.69) is 62.3 Å². The van der Waals surface area contributed by atoms with Crippen LogP contribution in [0, 0.1) is 11.3 Å². The third-order valence-corrected chi connectivity index (χ3v) is 14.3. The Kier molecular flexibility index (Phi) is 7.67. The minimum Gasteiger partial charge on any atom is -0.147 e. The smallest absolute Gasteiger partial charge is 0.147 e. The second-order valence-corrected chi connectivity index (χ2v) is 11.7. The SMILES string of the molecule is CC1=C(C)C(C)[C]([Hf][C]2=C(C)C(C)=C(C)C2(C)C)=C1C.Cl.Cl. The average molecular weight is 508 g/mol. The van der Waals surface area contributed by atoms with Crippen LogP contribution in [0.15, 0.2) is 40.1 Å². The van der Waals surface area contributed by atoms with E-state index in [4.69, 9.17) is 0 Å². The second-order valence-electron chi connectivity index (χ2n) is 7.07. The molecule has 1 unspecified atom stereocenters. The number of allylic oxidation sites excluding steroid dienone is 8. The van der Waals surface area contributed by atoms with Gasteiger partial charge in [-0.15, -0.1) is 24.8 Å². The molecule has 3 heteroatoms. The Bertz CT molecular complexity index is 601. The Morgan fingerprint density at radius 1 is 0.773 bits per heavy atom. The van der Waals surface area contributed by atoms with Crippen LogP contribution in [-0.4, -0.2) is 0 Å². The van der Waals surface area contributed by atoms with Gasteiger partial charge in [0.15, 0.2) is 0 Å². The molecule has 0 saturated heterocycles. The van der Waals surface area contributed by atoms with Gasteiger partial charge in [-0.25, -0.2) is 0 Å². The third kappa shape index (κ3) is 3.28. The van der Waals surface area contributed by atoms with E-state index in [1.807, 2.05) is 6.66 Å². The molecule has 0 amide bonds. The first-order chi connectivity index (χ1) is 9.10. The molecule has 0 spiro atoms. The van der Waals surface area contributed by atoms with Crippen LogP contribution in [-0.2, 0) is 22.9 Å². The largest absolute Gasteiger partial charge is 0.147 e. The molecule has 0 nitrogen and oxygen atoms in total. The molecule has 22 heavy (non-hydrogen) atoms. The molecule has 0 radical (unpaired) electrons. The summed E-state index contributed by atoms with van der Waals surface area (Å²) in [5, 5.41) is 0. The van der Waals surface area contributed by atoms with Crippen molar-refractivity contribution in [1.29, 1.82) is 0 Å². The first-order valence-corrected chi connectivity index (χ1v) is 11.2. The van der Waals surface area contributed by atoms with Crippen molar-refractivity contribution >= 4 is 24.8 Å². The van der Waals surface area contributed by atoms with Crippen molar-refractivity contribution in [2.45, 2.75) is 62.3 Å². The molecule has 0 aliphatic heterocycles. The van der Waals surface area contributed by atoms with Crippen LogP contribution < -0.4 is 0 Å². The Labute approximate surface area is 160 Å². The number of hydrogen-bond donors (Lipinski definition) is 0. The van der Waals surface area contributed by atoms with Gasteiger partial charge in [0, 0.05) is 0 Å². The minimum absolute atomic E-state index is 0. The summed E-state index contributed by atoms with van der Waals surface area (Å²) in [7, 11) is 0. The van der Waals surface area contributed by atoms with Gasteiger partial charge >= 0.3 is 137 Å². The molecule has 0 fully saturated rings. The van der Waals surface area contributed by atoms with Crippen molar-refractivity contribution in [3.63, 3.8) is 0 Å². The first-order valence-electron chi connectivity index (χ1n) is 7.65. The van der Waals surface area contributed by atoms with E-state index in [-0.39, 0.29) is 24.8 Å². The molecular formula is C19H30Cl2Hf. The Morgan fingerprint density at radius 3 is 1.59 bits per heavy atom.